The zero-order valence-corrected chi connectivity index (χ0v) is 5.99. The predicted octanol–water partition coefficient (Wildman–Crippen LogP) is -0.0328. The van der Waals surface area contributed by atoms with Crippen LogP contribution in [0.3, 0.4) is 0 Å². The van der Waals surface area contributed by atoms with Gasteiger partial charge in [0.25, 0.3) is 0 Å². The van der Waals surface area contributed by atoms with Gasteiger partial charge in [-0.2, -0.15) is 0 Å². The fraction of sp³-hybridized carbons (Fsp3) is 0.429. The molecule has 0 saturated carbocycles. The summed E-state index contributed by atoms with van der Waals surface area (Å²) in [6.45, 7) is 3.18. The van der Waals surface area contributed by atoms with Crippen LogP contribution in [0.2, 0.25) is 0 Å². The van der Waals surface area contributed by atoms with Crippen LogP contribution in [0, 0.1) is 0 Å². The molecule has 0 bridgehead atoms. The molecule has 0 aliphatic rings. The first kappa shape index (κ1) is 9.84. The average Bonchev–Trinajstić information content (AvgIpc) is 1.85. The Morgan fingerprint density at radius 1 is 1.45 bits per heavy atom. The van der Waals surface area contributed by atoms with Crippen molar-refractivity contribution in [1.29, 1.82) is 0 Å². The average molecular weight is 158 g/mol. The van der Waals surface area contributed by atoms with Gasteiger partial charge in [-0.05, 0) is 6.08 Å². The van der Waals surface area contributed by atoms with Crippen molar-refractivity contribution in [2.24, 2.45) is 0 Å². The molecule has 11 heavy (non-hydrogen) atoms. The SMILES string of the molecule is C=CC(=O)CC(O)CC(=O)O. The van der Waals surface area contributed by atoms with E-state index < -0.39 is 18.5 Å². The molecule has 4 nitrogen and oxygen atoms in total. The summed E-state index contributed by atoms with van der Waals surface area (Å²) in [5.41, 5.74) is 0. The number of carboxylic acid groups (broad SMARTS) is 1. The van der Waals surface area contributed by atoms with E-state index in [1.165, 1.54) is 0 Å². The molecule has 2 N–H and O–H groups in total. The number of hydrogen-bond donors (Lipinski definition) is 2. The van der Waals surface area contributed by atoms with Crippen LogP contribution in [0.5, 0.6) is 0 Å². The van der Waals surface area contributed by atoms with Gasteiger partial charge in [-0.15, -0.1) is 0 Å². The van der Waals surface area contributed by atoms with Crippen LogP contribution in [0.15, 0.2) is 12.7 Å². The number of aliphatic hydroxyl groups is 1. The lowest BCUT2D eigenvalue weighted by Crippen LogP contribution is -2.16. The van der Waals surface area contributed by atoms with E-state index in [-0.39, 0.29) is 12.2 Å². The van der Waals surface area contributed by atoms with Crippen molar-refractivity contribution in [3.63, 3.8) is 0 Å². The first-order valence-electron chi connectivity index (χ1n) is 3.11. The highest BCUT2D eigenvalue weighted by Gasteiger charge is 2.11. The summed E-state index contributed by atoms with van der Waals surface area (Å²) in [4.78, 5) is 20.5. The number of ketones is 1. The molecule has 4 heteroatoms. The van der Waals surface area contributed by atoms with E-state index >= 15 is 0 Å². The second kappa shape index (κ2) is 4.62. The van der Waals surface area contributed by atoms with Gasteiger partial charge >= 0.3 is 5.97 Å². The van der Waals surface area contributed by atoms with Gasteiger partial charge < -0.3 is 10.2 Å². The smallest absolute Gasteiger partial charge is 0.305 e. The van der Waals surface area contributed by atoms with E-state index in [9.17, 15) is 9.59 Å². The molecule has 1 atom stereocenters. The van der Waals surface area contributed by atoms with Crippen molar-refractivity contribution in [2.75, 3.05) is 0 Å². The molecule has 0 amide bonds. The molecule has 62 valence electrons. The van der Waals surface area contributed by atoms with Crippen molar-refractivity contribution >= 4 is 11.8 Å². The van der Waals surface area contributed by atoms with Gasteiger partial charge in [0.2, 0.25) is 0 Å². The molecule has 0 heterocycles. The fourth-order valence-corrected chi connectivity index (χ4v) is 0.589. The van der Waals surface area contributed by atoms with Gasteiger partial charge in [0, 0.05) is 6.42 Å². The minimum absolute atomic E-state index is 0.171. The molecule has 0 aromatic carbocycles. The van der Waals surface area contributed by atoms with Crippen LogP contribution in [0.4, 0.5) is 0 Å². The molecular weight excluding hydrogens is 148 g/mol. The number of aliphatic hydroxyl groups excluding tert-OH is 1. The third-order valence-corrected chi connectivity index (χ3v) is 1.07. The maximum atomic E-state index is 10.5. The molecule has 0 aromatic heterocycles. The lowest BCUT2D eigenvalue weighted by atomic mass is 10.1. The molecule has 0 aromatic rings. The van der Waals surface area contributed by atoms with Crippen molar-refractivity contribution in [3.05, 3.63) is 12.7 Å². The van der Waals surface area contributed by atoms with Crippen LogP contribution in [-0.2, 0) is 9.59 Å². The number of allylic oxidation sites excluding steroid dienone is 1. The van der Waals surface area contributed by atoms with Gasteiger partial charge in [0.1, 0.15) is 0 Å². The number of hydrogen-bond acceptors (Lipinski definition) is 3. The molecule has 0 saturated heterocycles. The molecule has 0 rings (SSSR count). The number of rotatable bonds is 5. The largest absolute Gasteiger partial charge is 0.481 e. The summed E-state index contributed by atoms with van der Waals surface area (Å²) >= 11 is 0. The standard InChI is InChI=1S/C7H10O4/c1-2-5(8)3-6(9)4-7(10)11/h2,6,9H,1,3-4H2,(H,10,11). The Kier molecular flexibility index (Phi) is 4.14. The van der Waals surface area contributed by atoms with Gasteiger partial charge in [0.15, 0.2) is 5.78 Å². The highest BCUT2D eigenvalue weighted by Crippen LogP contribution is 1.98. The van der Waals surface area contributed by atoms with Gasteiger partial charge in [-0.1, -0.05) is 6.58 Å². The Morgan fingerprint density at radius 3 is 2.36 bits per heavy atom. The Hall–Kier alpha value is -1.16. The highest BCUT2D eigenvalue weighted by molar-refractivity contribution is 5.89. The molecule has 0 fully saturated rings. The maximum Gasteiger partial charge on any atom is 0.305 e. The highest BCUT2D eigenvalue weighted by atomic mass is 16.4. The Balaban J connectivity index is 3.68. The number of carboxylic acids is 1. The van der Waals surface area contributed by atoms with Crippen LogP contribution in [0.25, 0.3) is 0 Å². The number of aliphatic carboxylic acids is 1. The summed E-state index contributed by atoms with van der Waals surface area (Å²) < 4.78 is 0. The van der Waals surface area contributed by atoms with Crippen LogP contribution in [0.1, 0.15) is 12.8 Å². The number of carbonyl (C=O) groups excluding carboxylic acids is 1. The van der Waals surface area contributed by atoms with Gasteiger partial charge in [-0.25, -0.2) is 0 Å². The second-order valence-electron chi connectivity index (χ2n) is 2.13. The van der Waals surface area contributed by atoms with Crippen molar-refractivity contribution < 1.29 is 19.8 Å². The Labute approximate surface area is 64.2 Å². The van der Waals surface area contributed by atoms with Crippen LogP contribution < -0.4 is 0 Å². The van der Waals surface area contributed by atoms with Gasteiger partial charge in [-0.3, -0.25) is 9.59 Å². The molecule has 0 spiro atoms. The van der Waals surface area contributed by atoms with E-state index in [0.717, 1.165) is 6.08 Å². The van der Waals surface area contributed by atoms with E-state index in [4.69, 9.17) is 10.2 Å². The zero-order chi connectivity index (χ0) is 8.85. The molecular formula is C7H10O4. The third-order valence-electron chi connectivity index (χ3n) is 1.07. The number of carbonyl (C=O) groups is 2. The minimum Gasteiger partial charge on any atom is -0.481 e. The molecule has 0 radical (unpaired) electrons. The summed E-state index contributed by atoms with van der Waals surface area (Å²) in [5.74, 6) is -1.46. The van der Waals surface area contributed by atoms with E-state index in [1.54, 1.807) is 0 Å². The first-order valence-corrected chi connectivity index (χ1v) is 3.11. The van der Waals surface area contributed by atoms with Crippen molar-refractivity contribution in [3.8, 4) is 0 Å². The lowest BCUT2D eigenvalue weighted by Gasteiger charge is -2.03. The topological polar surface area (TPSA) is 74.6 Å². The summed E-state index contributed by atoms with van der Waals surface area (Å²) in [5, 5.41) is 17.0. The van der Waals surface area contributed by atoms with Crippen LogP contribution >= 0.6 is 0 Å². The summed E-state index contributed by atoms with van der Waals surface area (Å²) in [7, 11) is 0. The van der Waals surface area contributed by atoms with E-state index in [1.807, 2.05) is 0 Å². The molecule has 1 unspecified atom stereocenters. The minimum atomic E-state index is -1.12. The van der Waals surface area contributed by atoms with E-state index in [2.05, 4.69) is 6.58 Å². The monoisotopic (exact) mass is 158 g/mol. The lowest BCUT2D eigenvalue weighted by molar-refractivity contribution is -0.139. The fourth-order valence-electron chi connectivity index (χ4n) is 0.589. The van der Waals surface area contributed by atoms with E-state index in [0.29, 0.717) is 0 Å². The van der Waals surface area contributed by atoms with Gasteiger partial charge in [0.05, 0.1) is 12.5 Å². The zero-order valence-electron chi connectivity index (χ0n) is 5.99. The second-order valence-corrected chi connectivity index (χ2v) is 2.13. The first-order chi connectivity index (χ1) is 5.06. The summed E-state index contributed by atoms with van der Waals surface area (Å²) in [6, 6.07) is 0. The normalized spacial score (nSPS) is 12.1. The predicted molar refractivity (Wildman–Crippen MR) is 38.1 cm³/mol. The van der Waals surface area contributed by atoms with Crippen molar-refractivity contribution in [1.82, 2.24) is 0 Å². The molecule has 0 aliphatic carbocycles. The maximum absolute atomic E-state index is 10.5. The summed E-state index contributed by atoms with van der Waals surface area (Å²) in [6.07, 6.45) is -0.613. The third kappa shape index (κ3) is 5.29. The van der Waals surface area contributed by atoms with Crippen LogP contribution in [-0.4, -0.2) is 28.1 Å². The Morgan fingerprint density at radius 2 is 2.00 bits per heavy atom. The van der Waals surface area contributed by atoms with Crippen molar-refractivity contribution in [2.45, 2.75) is 18.9 Å². The molecule has 0 aliphatic heterocycles. The quantitative estimate of drug-likeness (QED) is 0.551. The Bertz CT molecular complexity index is 173.